The highest BCUT2D eigenvalue weighted by molar-refractivity contribution is 5.91. The number of carbonyl (C=O) groups is 1. The van der Waals surface area contributed by atoms with Gasteiger partial charge in [0.25, 0.3) is 5.91 Å². The predicted molar refractivity (Wildman–Crippen MR) is 40.2 cm³/mol. The molecule has 1 radical (unpaired) electrons. The first-order chi connectivity index (χ1) is 5.34. The molecule has 1 amide bonds. The second-order valence-corrected chi connectivity index (χ2v) is 2.17. The van der Waals surface area contributed by atoms with Gasteiger partial charge in [0.15, 0.2) is 12.0 Å². The molecule has 0 atom stereocenters. The third-order valence-corrected chi connectivity index (χ3v) is 1.23. The predicted octanol–water partition coefficient (Wildman–Crippen LogP) is 1.22. The average molecular weight is 152 g/mol. The van der Waals surface area contributed by atoms with Crippen molar-refractivity contribution in [2.75, 3.05) is 6.54 Å². The van der Waals surface area contributed by atoms with Gasteiger partial charge in [-0.3, -0.25) is 4.79 Å². The molecular weight excluding hydrogens is 142 g/mol. The monoisotopic (exact) mass is 152 g/mol. The Morgan fingerprint density at radius 2 is 2.64 bits per heavy atom. The van der Waals surface area contributed by atoms with Crippen molar-refractivity contribution in [1.82, 2.24) is 5.32 Å². The summed E-state index contributed by atoms with van der Waals surface area (Å²) in [5.74, 6) is 0.145. The average Bonchev–Trinajstić information content (AvgIpc) is 2.52. The van der Waals surface area contributed by atoms with Crippen LogP contribution in [0.4, 0.5) is 0 Å². The minimum absolute atomic E-state index is 0.173. The zero-order valence-electron chi connectivity index (χ0n) is 6.39. The summed E-state index contributed by atoms with van der Waals surface area (Å²) in [6.45, 7) is 2.67. The van der Waals surface area contributed by atoms with E-state index >= 15 is 0 Å². The third kappa shape index (κ3) is 2.11. The molecule has 59 valence electrons. The van der Waals surface area contributed by atoms with Gasteiger partial charge in [-0.25, -0.2) is 0 Å². The number of hydrogen-bond donors (Lipinski definition) is 1. The van der Waals surface area contributed by atoms with Crippen LogP contribution in [0, 0.1) is 6.26 Å². The smallest absolute Gasteiger partial charge is 0.287 e. The lowest BCUT2D eigenvalue weighted by Gasteiger charge is -1.97. The second-order valence-electron chi connectivity index (χ2n) is 2.17. The fourth-order valence-corrected chi connectivity index (χ4v) is 0.689. The van der Waals surface area contributed by atoms with Gasteiger partial charge >= 0.3 is 0 Å². The first-order valence-electron chi connectivity index (χ1n) is 3.58. The molecular formula is C8H10NO2. The summed E-state index contributed by atoms with van der Waals surface area (Å²) in [6, 6.07) is 3.16. The van der Waals surface area contributed by atoms with E-state index in [2.05, 4.69) is 11.6 Å². The van der Waals surface area contributed by atoms with Gasteiger partial charge in [-0.1, -0.05) is 6.92 Å². The van der Waals surface area contributed by atoms with E-state index in [1.54, 1.807) is 12.1 Å². The van der Waals surface area contributed by atoms with Gasteiger partial charge < -0.3 is 9.73 Å². The number of rotatable bonds is 3. The van der Waals surface area contributed by atoms with Crippen LogP contribution in [0.3, 0.4) is 0 Å². The Bertz CT molecular complexity index is 216. The number of carbonyl (C=O) groups excluding carboxylic acids is 1. The lowest BCUT2D eigenvalue weighted by Crippen LogP contribution is -2.23. The molecule has 1 rings (SSSR count). The molecule has 0 saturated heterocycles. The Morgan fingerprint density at radius 3 is 3.18 bits per heavy atom. The highest BCUT2D eigenvalue weighted by atomic mass is 16.3. The summed E-state index contributed by atoms with van der Waals surface area (Å²) in [5.41, 5.74) is 0. The normalized spacial score (nSPS) is 9.55. The van der Waals surface area contributed by atoms with Crippen LogP contribution in [0.2, 0.25) is 0 Å². The van der Waals surface area contributed by atoms with Gasteiger partial charge in [-0.2, -0.15) is 0 Å². The van der Waals surface area contributed by atoms with Crippen LogP contribution in [-0.2, 0) is 0 Å². The molecule has 3 nitrogen and oxygen atoms in total. The maximum Gasteiger partial charge on any atom is 0.287 e. The Morgan fingerprint density at radius 1 is 1.82 bits per heavy atom. The zero-order chi connectivity index (χ0) is 8.10. The quantitative estimate of drug-likeness (QED) is 0.707. The van der Waals surface area contributed by atoms with Crippen LogP contribution < -0.4 is 5.32 Å². The summed E-state index contributed by atoms with van der Waals surface area (Å²) in [6.07, 6.45) is 3.38. The molecule has 1 N–H and O–H groups in total. The molecule has 11 heavy (non-hydrogen) atoms. The lowest BCUT2D eigenvalue weighted by molar-refractivity contribution is 0.0925. The molecule has 0 fully saturated rings. The topological polar surface area (TPSA) is 42.2 Å². The SMILES string of the molecule is CCCNC(=O)c1cc[c]o1. The second kappa shape index (κ2) is 3.81. The molecule has 1 aromatic heterocycles. The number of nitrogens with one attached hydrogen (secondary N) is 1. The summed E-state index contributed by atoms with van der Waals surface area (Å²) in [5, 5.41) is 2.68. The van der Waals surface area contributed by atoms with Crippen LogP contribution in [0.25, 0.3) is 0 Å². The largest absolute Gasteiger partial charge is 0.448 e. The minimum atomic E-state index is -0.173. The van der Waals surface area contributed by atoms with Crippen molar-refractivity contribution < 1.29 is 9.21 Å². The van der Waals surface area contributed by atoms with Crippen LogP contribution in [0.5, 0.6) is 0 Å². The van der Waals surface area contributed by atoms with E-state index in [0.717, 1.165) is 6.42 Å². The summed E-state index contributed by atoms with van der Waals surface area (Å²) >= 11 is 0. The van der Waals surface area contributed by atoms with Crippen LogP contribution in [0.15, 0.2) is 16.5 Å². The van der Waals surface area contributed by atoms with Crippen molar-refractivity contribution in [3.05, 3.63) is 24.2 Å². The summed E-state index contributed by atoms with van der Waals surface area (Å²) < 4.78 is 4.76. The van der Waals surface area contributed by atoms with Crippen molar-refractivity contribution in [1.29, 1.82) is 0 Å². The third-order valence-electron chi connectivity index (χ3n) is 1.23. The van der Waals surface area contributed by atoms with Crippen molar-refractivity contribution in [3.63, 3.8) is 0 Å². The summed E-state index contributed by atoms with van der Waals surface area (Å²) in [4.78, 5) is 11.0. The highest BCUT2D eigenvalue weighted by Crippen LogP contribution is 1.97. The number of amides is 1. The minimum Gasteiger partial charge on any atom is -0.448 e. The van der Waals surface area contributed by atoms with E-state index in [-0.39, 0.29) is 5.91 Å². The van der Waals surface area contributed by atoms with Crippen molar-refractivity contribution in [2.45, 2.75) is 13.3 Å². The van der Waals surface area contributed by atoms with E-state index in [0.29, 0.717) is 12.3 Å². The summed E-state index contributed by atoms with van der Waals surface area (Å²) in [7, 11) is 0. The maximum atomic E-state index is 11.0. The van der Waals surface area contributed by atoms with Gasteiger partial charge in [0.1, 0.15) is 0 Å². The fourth-order valence-electron chi connectivity index (χ4n) is 0.689. The van der Waals surface area contributed by atoms with E-state index in [9.17, 15) is 4.79 Å². The lowest BCUT2D eigenvalue weighted by atomic mass is 10.4. The Hall–Kier alpha value is -1.25. The number of furan rings is 1. The Kier molecular flexibility index (Phi) is 2.72. The molecule has 1 aromatic rings. The van der Waals surface area contributed by atoms with Gasteiger partial charge in [0.05, 0.1) is 0 Å². The van der Waals surface area contributed by atoms with Crippen molar-refractivity contribution in [3.8, 4) is 0 Å². The van der Waals surface area contributed by atoms with Crippen LogP contribution in [0.1, 0.15) is 23.9 Å². The number of hydrogen-bond acceptors (Lipinski definition) is 2. The molecule has 0 aromatic carbocycles. The molecule has 0 spiro atoms. The fraction of sp³-hybridized carbons (Fsp3) is 0.375. The van der Waals surface area contributed by atoms with Crippen LogP contribution in [-0.4, -0.2) is 12.5 Å². The molecule has 0 aliphatic carbocycles. The van der Waals surface area contributed by atoms with Crippen molar-refractivity contribution in [2.24, 2.45) is 0 Å². The highest BCUT2D eigenvalue weighted by Gasteiger charge is 2.05. The van der Waals surface area contributed by atoms with E-state index in [1.165, 1.54) is 0 Å². The van der Waals surface area contributed by atoms with E-state index < -0.39 is 0 Å². The Labute approximate surface area is 65.4 Å². The zero-order valence-corrected chi connectivity index (χ0v) is 6.39. The molecule has 1 heterocycles. The first kappa shape index (κ1) is 7.85. The van der Waals surface area contributed by atoms with Crippen LogP contribution >= 0.6 is 0 Å². The van der Waals surface area contributed by atoms with Crippen molar-refractivity contribution >= 4 is 5.91 Å². The van der Waals surface area contributed by atoms with Gasteiger partial charge in [-0.05, 0) is 18.6 Å². The van der Waals surface area contributed by atoms with Gasteiger partial charge in [0, 0.05) is 6.54 Å². The Balaban J connectivity index is 2.43. The van der Waals surface area contributed by atoms with Gasteiger partial charge in [-0.15, -0.1) is 0 Å². The standard InChI is InChI=1S/C8H10NO2/c1-2-5-9-8(10)7-4-3-6-11-7/h3-4H,2,5H2,1H3,(H,9,10). The molecule has 0 aliphatic rings. The molecule has 0 bridgehead atoms. The van der Waals surface area contributed by atoms with Gasteiger partial charge in [0.2, 0.25) is 0 Å². The molecule has 0 saturated carbocycles. The first-order valence-corrected chi connectivity index (χ1v) is 3.58. The van der Waals surface area contributed by atoms with E-state index in [4.69, 9.17) is 4.42 Å². The van der Waals surface area contributed by atoms with E-state index in [1.807, 2.05) is 6.92 Å². The molecule has 0 unspecified atom stereocenters. The maximum absolute atomic E-state index is 11.0. The molecule has 0 aliphatic heterocycles. The molecule has 3 heteroatoms.